The fraction of sp³-hybridized carbons (Fsp3) is 0.500. The monoisotopic (exact) mass is 452 g/mol. The molecule has 33 heavy (non-hydrogen) atoms. The van der Waals surface area contributed by atoms with E-state index in [4.69, 9.17) is 4.74 Å². The molecule has 3 aromatic rings. The summed E-state index contributed by atoms with van der Waals surface area (Å²) in [5, 5.41) is 23.0. The van der Waals surface area contributed by atoms with Gasteiger partial charge < -0.3 is 20.1 Å². The summed E-state index contributed by atoms with van der Waals surface area (Å²) in [6.45, 7) is 8.75. The van der Waals surface area contributed by atoms with Crippen LogP contribution < -0.4 is 15.0 Å². The summed E-state index contributed by atoms with van der Waals surface area (Å²) in [6, 6.07) is 4.95. The number of halogens is 1. The molecule has 2 N–H and O–H groups in total. The third-order valence-corrected chi connectivity index (χ3v) is 6.67. The summed E-state index contributed by atoms with van der Waals surface area (Å²) in [6.07, 6.45) is 1.91. The minimum Gasteiger partial charge on any atom is -0.507 e. The van der Waals surface area contributed by atoms with Gasteiger partial charge in [0.1, 0.15) is 11.9 Å². The van der Waals surface area contributed by atoms with Crippen molar-refractivity contribution in [3.8, 4) is 22.9 Å². The largest absolute Gasteiger partial charge is 0.507 e. The third kappa shape index (κ3) is 3.74. The van der Waals surface area contributed by atoms with E-state index in [2.05, 4.69) is 44.2 Å². The molecule has 2 aromatic heterocycles. The number of hydrogen-bond donors (Lipinski definition) is 2. The van der Waals surface area contributed by atoms with Crippen LogP contribution in [-0.2, 0) is 6.42 Å². The van der Waals surface area contributed by atoms with E-state index in [0.29, 0.717) is 41.1 Å². The Morgan fingerprint density at radius 2 is 1.94 bits per heavy atom. The van der Waals surface area contributed by atoms with E-state index >= 15 is 4.39 Å². The molecule has 0 aliphatic carbocycles. The summed E-state index contributed by atoms with van der Waals surface area (Å²) in [7, 11) is 1.52. The number of ether oxygens (including phenoxy) is 1. The van der Waals surface area contributed by atoms with Gasteiger partial charge in [-0.3, -0.25) is 0 Å². The number of rotatable bonds is 3. The van der Waals surface area contributed by atoms with Gasteiger partial charge >= 0.3 is 0 Å². The minimum atomic E-state index is -1.04. The standard InChI is InChI=1S/C24H29FN6O2/c1-23(2)11-18(21(25)24(3,4)30-23)31-7-6-13-8-15(28-29-22(13)31)14-9-16-17(10-19(14)32)27-20(33-5)12-26-16/h8-10,12,18,21,30,32H,6-7,11H2,1-5H3/t18-,21-/m0/s1. The smallest absolute Gasteiger partial charge is 0.232 e. The number of benzene rings is 1. The number of phenolic OH excluding ortho intramolecular Hbond substituents is 1. The minimum absolute atomic E-state index is 0.0415. The number of nitrogens with one attached hydrogen (secondary N) is 1. The van der Waals surface area contributed by atoms with Crippen LogP contribution in [0.2, 0.25) is 0 Å². The summed E-state index contributed by atoms with van der Waals surface area (Å²) in [5.74, 6) is 1.15. The van der Waals surface area contributed by atoms with Crippen molar-refractivity contribution in [2.45, 2.75) is 63.8 Å². The molecule has 0 bridgehead atoms. The Bertz CT molecular complexity index is 1230. The van der Waals surface area contributed by atoms with E-state index in [0.717, 1.165) is 17.8 Å². The highest BCUT2D eigenvalue weighted by Gasteiger charge is 2.49. The van der Waals surface area contributed by atoms with E-state index in [1.165, 1.54) is 13.3 Å². The summed E-state index contributed by atoms with van der Waals surface area (Å²) < 4.78 is 20.6. The van der Waals surface area contributed by atoms with Crippen LogP contribution in [0.1, 0.15) is 39.7 Å². The van der Waals surface area contributed by atoms with Gasteiger partial charge in [0.05, 0.1) is 36.1 Å². The Balaban J connectivity index is 1.49. The molecule has 4 heterocycles. The number of alkyl halides is 1. The Kier molecular flexibility index (Phi) is 4.93. The zero-order chi connectivity index (χ0) is 23.5. The van der Waals surface area contributed by atoms with Crippen LogP contribution in [0.25, 0.3) is 22.3 Å². The van der Waals surface area contributed by atoms with Gasteiger partial charge in [0, 0.05) is 34.8 Å². The number of fused-ring (bicyclic) bond motifs is 2. The molecule has 0 saturated carbocycles. The van der Waals surface area contributed by atoms with Gasteiger partial charge in [-0.25, -0.2) is 14.4 Å². The number of aromatic hydroxyl groups is 1. The maximum absolute atomic E-state index is 15.5. The van der Waals surface area contributed by atoms with Crippen molar-refractivity contribution in [2.24, 2.45) is 0 Å². The first-order valence-electron chi connectivity index (χ1n) is 11.2. The molecule has 2 aliphatic heterocycles. The maximum Gasteiger partial charge on any atom is 0.232 e. The SMILES string of the molecule is COc1cnc2cc(-c3cc4c(nn3)N([C@H]3CC(C)(C)NC(C)(C)[C@H]3F)CC4)c(O)cc2n1. The van der Waals surface area contributed by atoms with Gasteiger partial charge in [-0.1, -0.05) is 0 Å². The van der Waals surface area contributed by atoms with E-state index in [-0.39, 0.29) is 17.3 Å². The van der Waals surface area contributed by atoms with Gasteiger partial charge in [0.2, 0.25) is 5.88 Å². The van der Waals surface area contributed by atoms with Crippen molar-refractivity contribution >= 4 is 16.9 Å². The molecule has 0 radical (unpaired) electrons. The molecular weight excluding hydrogens is 423 g/mol. The lowest BCUT2D eigenvalue weighted by Gasteiger charge is -2.51. The molecular formula is C24H29FN6O2. The number of aromatic nitrogens is 4. The molecule has 2 atom stereocenters. The van der Waals surface area contributed by atoms with Crippen molar-refractivity contribution in [3.63, 3.8) is 0 Å². The second-order valence-corrected chi connectivity index (χ2v) is 10.2. The molecule has 0 unspecified atom stereocenters. The fourth-order valence-corrected chi connectivity index (χ4v) is 5.35. The van der Waals surface area contributed by atoms with Crippen molar-refractivity contribution in [3.05, 3.63) is 30.0 Å². The zero-order valence-corrected chi connectivity index (χ0v) is 19.6. The second-order valence-electron chi connectivity index (χ2n) is 10.2. The van der Waals surface area contributed by atoms with Crippen LogP contribution >= 0.6 is 0 Å². The van der Waals surface area contributed by atoms with E-state index in [1.54, 1.807) is 12.1 Å². The van der Waals surface area contributed by atoms with Crippen LogP contribution in [0, 0.1) is 0 Å². The van der Waals surface area contributed by atoms with E-state index in [1.807, 2.05) is 19.9 Å². The first-order chi connectivity index (χ1) is 15.6. The first kappa shape index (κ1) is 21.8. The predicted octanol–water partition coefficient (Wildman–Crippen LogP) is 3.42. The normalized spacial score (nSPS) is 23.5. The van der Waals surface area contributed by atoms with Crippen molar-refractivity contribution in [1.82, 2.24) is 25.5 Å². The molecule has 0 spiro atoms. The zero-order valence-electron chi connectivity index (χ0n) is 19.6. The van der Waals surface area contributed by atoms with Crippen LogP contribution in [0.4, 0.5) is 10.2 Å². The highest BCUT2D eigenvalue weighted by Crippen LogP contribution is 2.40. The molecule has 9 heteroatoms. The average molecular weight is 453 g/mol. The van der Waals surface area contributed by atoms with Crippen molar-refractivity contribution < 1.29 is 14.2 Å². The molecule has 1 saturated heterocycles. The molecule has 8 nitrogen and oxygen atoms in total. The van der Waals surface area contributed by atoms with E-state index in [9.17, 15) is 5.11 Å². The van der Waals surface area contributed by atoms with Crippen molar-refractivity contribution in [1.29, 1.82) is 0 Å². The average Bonchev–Trinajstić information content (AvgIpc) is 3.17. The molecule has 174 valence electrons. The van der Waals surface area contributed by atoms with Gasteiger partial charge in [-0.15, -0.1) is 10.2 Å². The molecule has 5 rings (SSSR count). The topological polar surface area (TPSA) is 96.3 Å². The number of piperidine rings is 1. The number of anilines is 1. The van der Waals surface area contributed by atoms with Crippen LogP contribution in [0.15, 0.2) is 24.4 Å². The molecule has 1 aromatic carbocycles. The lowest BCUT2D eigenvalue weighted by atomic mass is 9.77. The van der Waals surface area contributed by atoms with E-state index < -0.39 is 11.7 Å². The summed E-state index contributed by atoms with van der Waals surface area (Å²) in [5.41, 5.74) is 2.41. The van der Waals surface area contributed by atoms with Gasteiger partial charge in [-0.2, -0.15) is 0 Å². The molecule has 1 fully saturated rings. The predicted molar refractivity (Wildman–Crippen MR) is 124 cm³/mol. The molecule has 0 amide bonds. The third-order valence-electron chi connectivity index (χ3n) is 6.67. The summed E-state index contributed by atoms with van der Waals surface area (Å²) in [4.78, 5) is 10.7. The highest BCUT2D eigenvalue weighted by molar-refractivity contribution is 5.85. The van der Waals surface area contributed by atoms with Crippen molar-refractivity contribution in [2.75, 3.05) is 18.6 Å². The Morgan fingerprint density at radius 3 is 2.70 bits per heavy atom. The first-order valence-corrected chi connectivity index (χ1v) is 11.2. The molecule has 2 aliphatic rings. The Hall–Kier alpha value is -3.07. The fourth-order valence-electron chi connectivity index (χ4n) is 5.35. The quantitative estimate of drug-likeness (QED) is 0.624. The van der Waals surface area contributed by atoms with Gasteiger partial charge in [-0.05, 0) is 52.7 Å². The Morgan fingerprint density at radius 1 is 1.15 bits per heavy atom. The van der Waals surface area contributed by atoms with Crippen LogP contribution in [-0.4, -0.2) is 62.2 Å². The van der Waals surface area contributed by atoms with Gasteiger partial charge in [0.25, 0.3) is 0 Å². The highest BCUT2D eigenvalue weighted by atomic mass is 19.1. The lowest BCUT2D eigenvalue weighted by Crippen LogP contribution is -2.69. The second kappa shape index (κ2) is 7.48. The van der Waals surface area contributed by atoms with Gasteiger partial charge in [0.15, 0.2) is 5.82 Å². The summed E-state index contributed by atoms with van der Waals surface area (Å²) >= 11 is 0. The van der Waals surface area contributed by atoms with Crippen LogP contribution in [0.5, 0.6) is 11.6 Å². The number of nitrogens with zero attached hydrogens (tertiary/aromatic N) is 5. The maximum atomic E-state index is 15.5. The lowest BCUT2D eigenvalue weighted by molar-refractivity contribution is 0.0555. The number of methoxy groups -OCH3 is 1. The van der Waals surface area contributed by atoms with Crippen LogP contribution in [0.3, 0.4) is 0 Å². The number of hydrogen-bond acceptors (Lipinski definition) is 8. The number of phenols is 1. The Labute approximate surface area is 192 Å².